The summed E-state index contributed by atoms with van der Waals surface area (Å²) in [5.41, 5.74) is 0.185. The van der Waals surface area contributed by atoms with E-state index in [0.717, 1.165) is 25.9 Å². The molecule has 144 valence electrons. The lowest BCUT2D eigenvalue weighted by atomic mass is 9.72. The second-order valence-electron chi connectivity index (χ2n) is 7.29. The number of halogens is 1. The summed E-state index contributed by atoms with van der Waals surface area (Å²) in [5, 5.41) is 3.23. The molecule has 1 N–H and O–H groups in total. The van der Waals surface area contributed by atoms with Gasteiger partial charge in [-0.3, -0.25) is 4.79 Å². The van der Waals surface area contributed by atoms with E-state index in [9.17, 15) is 13.2 Å². The molecular formula is C18H25ClN2O4S. The second-order valence-corrected chi connectivity index (χ2v) is 9.69. The van der Waals surface area contributed by atoms with E-state index in [1.807, 2.05) is 0 Å². The van der Waals surface area contributed by atoms with Crippen molar-refractivity contribution in [2.45, 2.75) is 56.2 Å². The number of rotatable bonds is 5. The van der Waals surface area contributed by atoms with Crippen LogP contribution in [0.1, 0.15) is 43.5 Å². The monoisotopic (exact) mass is 400 g/mol. The van der Waals surface area contributed by atoms with Crippen LogP contribution in [0.3, 0.4) is 0 Å². The first kappa shape index (κ1) is 19.6. The summed E-state index contributed by atoms with van der Waals surface area (Å²) in [6, 6.07) is 4.12. The van der Waals surface area contributed by atoms with Gasteiger partial charge < -0.3 is 10.1 Å². The average molecular weight is 401 g/mol. The molecule has 1 heterocycles. The van der Waals surface area contributed by atoms with Crippen LogP contribution < -0.4 is 5.32 Å². The lowest BCUT2D eigenvalue weighted by Crippen LogP contribution is -2.57. The number of hydrogen-bond acceptors (Lipinski definition) is 4. The van der Waals surface area contributed by atoms with Crippen LogP contribution in [0.25, 0.3) is 0 Å². The van der Waals surface area contributed by atoms with Crippen molar-refractivity contribution in [3.05, 3.63) is 28.8 Å². The third kappa shape index (κ3) is 3.63. The largest absolute Gasteiger partial charge is 0.378 e. The van der Waals surface area contributed by atoms with E-state index in [1.165, 1.54) is 29.6 Å². The van der Waals surface area contributed by atoms with Crippen molar-refractivity contribution in [1.82, 2.24) is 9.62 Å². The number of hydrogen-bond donors (Lipinski definition) is 1. The molecule has 1 amide bonds. The Morgan fingerprint density at radius 1 is 1.38 bits per heavy atom. The molecule has 1 saturated carbocycles. The first-order chi connectivity index (χ1) is 12.2. The molecule has 1 aromatic rings. The number of benzene rings is 1. The average Bonchev–Trinajstić information content (AvgIpc) is 2.58. The lowest BCUT2D eigenvalue weighted by Gasteiger charge is -2.47. The fraction of sp³-hybridized carbons (Fsp3) is 0.611. The first-order valence-corrected chi connectivity index (χ1v) is 10.7. The maximum absolute atomic E-state index is 12.7. The third-order valence-corrected chi connectivity index (χ3v) is 7.76. The molecule has 3 rings (SSSR count). The SMILES string of the molecule is CC(C)N(C)S(=O)(=O)c1ccc(Cl)c(C(=O)N[C@@H]2C[C@@H]3OCCC[C@H]32)c1. The minimum Gasteiger partial charge on any atom is -0.378 e. The van der Waals surface area contributed by atoms with Gasteiger partial charge in [0.15, 0.2) is 0 Å². The number of carbonyl (C=O) groups is 1. The van der Waals surface area contributed by atoms with Gasteiger partial charge in [-0.15, -0.1) is 0 Å². The van der Waals surface area contributed by atoms with Crippen LogP contribution in [-0.2, 0) is 14.8 Å². The Morgan fingerprint density at radius 3 is 2.77 bits per heavy atom. The summed E-state index contributed by atoms with van der Waals surface area (Å²) in [6.07, 6.45) is 3.07. The van der Waals surface area contributed by atoms with Gasteiger partial charge in [0.05, 0.1) is 21.6 Å². The van der Waals surface area contributed by atoms with Crippen molar-refractivity contribution >= 4 is 27.5 Å². The number of ether oxygens (including phenoxy) is 1. The predicted octanol–water partition coefficient (Wildman–Crippen LogP) is 2.67. The number of sulfonamides is 1. The highest BCUT2D eigenvalue weighted by Gasteiger charge is 2.44. The van der Waals surface area contributed by atoms with Crippen LogP contribution in [0, 0.1) is 5.92 Å². The number of amides is 1. The van der Waals surface area contributed by atoms with E-state index in [4.69, 9.17) is 16.3 Å². The molecule has 0 aromatic heterocycles. The number of fused-ring (bicyclic) bond motifs is 1. The molecular weight excluding hydrogens is 376 g/mol. The van der Waals surface area contributed by atoms with Gasteiger partial charge in [0, 0.05) is 31.7 Å². The van der Waals surface area contributed by atoms with Gasteiger partial charge in [-0.1, -0.05) is 11.6 Å². The maximum Gasteiger partial charge on any atom is 0.253 e. The Hall–Kier alpha value is -1.15. The van der Waals surface area contributed by atoms with Crippen molar-refractivity contribution in [2.24, 2.45) is 5.92 Å². The third-order valence-electron chi connectivity index (χ3n) is 5.40. The fourth-order valence-corrected chi connectivity index (χ4v) is 5.09. The highest BCUT2D eigenvalue weighted by Crippen LogP contribution is 2.38. The van der Waals surface area contributed by atoms with Crippen molar-refractivity contribution in [3.8, 4) is 0 Å². The zero-order valence-corrected chi connectivity index (χ0v) is 16.8. The molecule has 2 aliphatic rings. The molecule has 1 aliphatic heterocycles. The highest BCUT2D eigenvalue weighted by molar-refractivity contribution is 7.89. The molecule has 0 spiro atoms. The molecule has 0 unspecified atom stereocenters. The van der Waals surface area contributed by atoms with E-state index in [1.54, 1.807) is 13.8 Å². The van der Waals surface area contributed by atoms with Gasteiger partial charge in [-0.05, 0) is 51.3 Å². The van der Waals surface area contributed by atoms with E-state index >= 15 is 0 Å². The van der Waals surface area contributed by atoms with E-state index in [2.05, 4.69) is 5.32 Å². The zero-order valence-electron chi connectivity index (χ0n) is 15.2. The first-order valence-electron chi connectivity index (χ1n) is 8.92. The van der Waals surface area contributed by atoms with Gasteiger partial charge in [0.2, 0.25) is 10.0 Å². The number of nitrogens with one attached hydrogen (secondary N) is 1. The van der Waals surface area contributed by atoms with E-state index in [-0.39, 0.29) is 39.6 Å². The minimum atomic E-state index is -3.68. The van der Waals surface area contributed by atoms with Crippen LogP contribution in [0.2, 0.25) is 5.02 Å². The summed E-state index contributed by atoms with van der Waals surface area (Å²) >= 11 is 6.17. The molecule has 0 radical (unpaired) electrons. The second kappa shape index (κ2) is 7.46. The smallest absolute Gasteiger partial charge is 0.253 e. The minimum absolute atomic E-state index is 0.0578. The molecule has 1 aromatic carbocycles. The molecule has 1 saturated heterocycles. The maximum atomic E-state index is 12.7. The van der Waals surface area contributed by atoms with Crippen molar-refractivity contribution in [1.29, 1.82) is 0 Å². The van der Waals surface area contributed by atoms with Crippen LogP contribution in [0.4, 0.5) is 0 Å². The Kier molecular flexibility index (Phi) is 5.63. The zero-order chi connectivity index (χ0) is 19.1. The summed E-state index contributed by atoms with van der Waals surface area (Å²) < 4.78 is 32.3. The highest BCUT2D eigenvalue weighted by atomic mass is 35.5. The van der Waals surface area contributed by atoms with E-state index in [0.29, 0.717) is 5.92 Å². The van der Waals surface area contributed by atoms with Crippen molar-refractivity contribution < 1.29 is 17.9 Å². The topological polar surface area (TPSA) is 75.7 Å². The number of carbonyl (C=O) groups excluding carboxylic acids is 1. The molecule has 6 nitrogen and oxygen atoms in total. The summed E-state index contributed by atoms with van der Waals surface area (Å²) in [6.45, 7) is 4.37. The van der Waals surface area contributed by atoms with Gasteiger partial charge in [0.25, 0.3) is 5.91 Å². The summed E-state index contributed by atoms with van der Waals surface area (Å²) in [7, 11) is -2.16. The standard InChI is InChI=1S/C18H25ClN2O4S/c1-11(2)21(3)26(23,24)12-6-7-15(19)14(9-12)18(22)20-16-10-17-13(16)5-4-8-25-17/h6-7,9,11,13,16-17H,4-5,8,10H2,1-3H3,(H,20,22)/t13-,16+,17-/m0/s1. The Balaban J connectivity index is 1.78. The molecule has 3 atom stereocenters. The van der Waals surface area contributed by atoms with Gasteiger partial charge in [-0.25, -0.2) is 8.42 Å². The van der Waals surface area contributed by atoms with E-state index < -0.39 is 10.0 Å². The lowest BCUT2D eigenvalue weighted by molar-refractivity contribution is -0.100. The quantitative estimate of drug-likeness (QED) is 0.824. The van der Waals surface area contributed by atoms with Gasteiger partial charge in [0.1, 0.15) is 0 Å². The Morgan fingerprint density at radius 2 is 2.12 bits per heavy atom. The molecule has 0 bridgehead atoms. The van der Waals surface area contributed by atoms with Crippen molar-refractivity contribution in [2.75, 3.05) is 13.7 Å². The van der Waals surface area contributed by atoms with Crippen LogP contribution in [0.15, 0.2) is 23.1 Å². The van der Waals surface area contributed by atoms with Crippen molar-refractivity contribution in [3.63, 3.8) is 0 Å². The Labute approximate surface area is 159 Å². The normalized spacial score (nSPS) is 25.7. The van der Waals surface area contributed by atoms with Gasteiger partial charge in [-0.2, -0.15) is 4.31 Å². The molecule has 8 heteroatoms. The van der Waals surface area contributed by atoms with Crippen LogP contribution in [-0.4, -0.2) is 50.5 Å². The van der Waals surface area contributed by atoms with Crippen LogP contribution >= 0.6 is 11.6 Å². The van der Waals surface area contributed by atoms with Gasteiger partial charge >= 0.3 is 0 Å². The number of nitrogens with zero attached hydrogens (tertiary/aromatic N) is 1. The fourth-order valence-electron chi connectivity index (χ4n) is 3.49. The summed E-state index contributed by atoms with van der Waals surface area (Å²) in [5.74, 6) is -0.00117. The summed E-state index contributed by atoms with van der Waals surface area (Å²) in [4.78, 5) is 12.7. The predicted molar refractivity (Wildman–Crippen MR) is 99.9 cm³/mol. The molecule has 1 aliphatic carbocycles. The molecule has 2 fully saturated rings. The van der Waals surface area contributed by atoms with Crippen LogP contribution in [0.5, 0.6) is 0 Å². The Bertz CT molecular complexity index is 796. The molecule has 26 heavy (non-hydrogen) atoms.